The predicted molar refractivity (Wildman–Crippen MR) is 105 cm³/mol. The normalized spacial score (nSPS) is 11.8. The van der Waals surface area contributed by atoms with Crippen molar-refractivity contribution >= 4 is 29.0 Å². The molecule has 1 amide bonds. The summed E-state index contributed by atoms with van der Waals surface area (Å²) in [5.74, 6) is -0.241. The molecule has 0 aliphatic heterocycles. The maximum absolute atomic E-state index is 12.3. The molecule has 0 saturated heterocycles. The molecule has 0 aliphatic rings. The fourth-order valence-electron chi connectivity index (χ4n) is 2.67. The van der Waals surface area contributed by atoms with Gasteiger partial charge < -0.3 is 10.2 Å². The molecule has 0 aromatic heterocycles. The fraction of sp³-hybridized carbons (Fsp3) is 0.316. The van der Waals surface area contributed by atoms with Crippen LogP contribution in [0.2, 0.25) is 0 Å². The van der Waals surface area contributed by atoms with Gasteiger partial charge in [0.25, 0.3) is 11.6 Å². The number of hydrogen-bond acceptors (Lipinski definition) is 4. The minimum absolute atomic E-state index is 0.0771. The maximum Gasteiger partial charge on any atom is 0.293 e. The minimum atomic E-state index is -0.466. The van der Waals surface area contributed by atoms with E-state index in [4.69, 9.17) is 0 Å². The Bertz CT molecular complexity index is 806. The van der Waals surface area contributed by atoms with Crippen LogP contribution in [0.15, 0.2) is 41.3 Å². The van der Waals surface area contributed by atoms with E-state index in [0.29, 0.717) is 6.54 Å². The minimum Gasteiger partial charge on any atom is -0.326 e. The Balaban J connectivity index is 2.01. The highest BCUT2D eigenvalue weighted by molar-refractivity contribution is 7.98. The number of hydrogen-bond donors (Lipinski definition) is 2. The quantitative estimate of drug-likeness (QED) is 0.444. The Kier molecular flexibility index (Phi) is 6.76. The number of anilines is 1. The number of carbonyl (C=O) groups excluding carboxylic acids is 1. The lowest BCUT2D eigenvalue weighted by Gasteiger charge is -2.14. The van der Waals surface area contributed by atoms with Gasteiger partial charge in [0.2, 0.25) is 0 Å². The largest absolute Gasteiger partial charge is 0.326 e. The third-order valence-electron chi connectivity index (χ3n) is 4.21. The lowest BCUT2D eigenvalue weighted by atomic mass is 10.1. The van der Waals surface area contributed by atoms with Gasteiger partial charge in [0, 0.05) is 16.5 Å². The molecule has 138 valence electrons. The smallest absolute Gasteiger partial charge is 0.293 e. The van der Waals surface area contributed by atoms with E-state index in [0.717, 1.165) is 21.6 Å². The average molecular weight is 374 g/mol. The van der Waals surface area contributed by atoms with Crippen molar-refractivity contribution in [3.63, 3.8) is 0 Å². The van der Waals surface area contributed by atoms with Crippen molar-refractivity contribution in [1.29, 1.82) is 0 Å². The maximum atomic E-state index is 12.3. The Morgan fingerprint density at radius 3 is 2.38 bits per heavy atom. The number of nitro benzene ring substituents is 1. The second-order valence-corrected chi connectivity index (χ2v) is 7.30. The first-order chi connectivity index (χ1) is 12.3. The molecule has 1 unspecified atom stereocenters. The molecule has 1 atom stereocenters. The van der Waals surface area contributed by atoms with E-state index < -0.39 is 4.92 Å². The lowest BCUT2D eigenvalue weighted by Crippen LogP contribution is -3.08. The van der Waals surface area contributed by atoms with Crippen molar-refractivity contribution in [3.8, 4) is 0 Å². The zero-order valence-corrected chi connectivity index (χ0v) is 16.3. The lowest BCUT2D eigenvalue weighted by molar-refractivity contribution is -0.885. The van der Waals surface area contributed by atoms with Crippen LogP contribution >= 0.6 is 11.8 Å². The number of quaternary nitrogens is 1. The number of nitrogens with one attached hydrogen (secondary N) is 2. The van der Waals surface area contributed by atoms with Crippen molar-refractivity contribution in [2.75, 3.05) is 25.2 Å². The number of nitrogens with zero attached hydrogens (tertiary/aromatic N) is 1. The SMILES string of the molecule is CSc1ccc(C[NH+](C)CC(=O)Nc2cc(C)c(C)cc2[N+](=O)[O-])cc1. The molecule has 2 rings (SSSR count). The van der Waals surface area contributed by atoms with Gasteiger partial charge in [-0.1, -0.05) is 12.1 Å². The summed E-state index contributed by atoms with van der Waals surface area (Å²) >= 11 is 1.69. The second kappa shape index (κ2) is 8.82. The summed E-state index contributed by atoms with van der Waals surface area (Å²) in [7, 11) is 1.93. The van der Waals surface area contributed by atoms with Gasteiger partial charge in [-0.3, -0.25) is 14.9 Å². The third-order valence-corrected chi connectivity index (χ3v) is 4.95. The van der Waals surface area contributed by atoms with E-state index in [1.54, 1.807) is 17.8 Å². The zero-order valence-electron chi connectivity index (χ0n) is 15.5. The number of benzene rings is 2. The van der Waals surface area contributed by atoms with Crippen LogP contribution < -0.4 is 10.2 Å². The zero-order chi connectivity index (χ0) is 19.3. The molecule has 0 bridgehead atoms. The molecule has 0 heterocycles. The number of carbonyl (C=O) groups is 1. The fourth-order valence-corrected chi connectivity index (χ4v) is 3.08. The van der Waals surface area contributed by atoms with Crippen molar-refractivity contribution in [3.05, 3.63) is 63.2 Å². The van der Waals surface area contributed by atoms with Crippen LogP contribution in [0.25, 0.3) is 0 Å². The molecule has 0 fully saturated rings. The second-order valence-electron chi connectivity index (χ2n) is 6.42. The molecule has 2 aromatic carbocycles. The van der Waals surface area contributed by atoms with Crippen LogP contribution in [0, 0.1) is 24.0 Å². The topological polar surface area (TPSA) is 76.7 Å². The summed E-state index contributed by atoms with van der Waals surface area (Å²) in [6.07, 6.45) is 2.03. The van der Waals surface area contributed by atoms with Crippen LogP contribution in [-0.2, 0) is 11.3 Å². The van der Waals surface area contributed by atoms with Crippen LogP contribution in [0.1, 0.15) is 16.7 Å². The van der Waals surface area contributed by atoms with Crippen LogP contribution in [0.5, 0.6) is 0 Å². The van der Waals surface area contributed by atoms with E-state index in [1.807, 2.05) is 27.2 Å². The van der Waals surface area contributed by atoms with Crippen molar-refractivity contribution in [2.45, 2.75) is 25.3 Å². The summed E-state index contributed by atoms with van der Waals surface area (Å²) in [6.45, 7) is 4.62. The van der Waals surface area contributed by atoms with Gasteiger partial charge in [0.1, 0.15) is 12.2 Å². The van der Waals surface area contributed by atoms with Crippen molar-refractivity contribution in [2.24, 2.45) is 0 Å². The van der Waals surface area contributed by atoms with Gasteiger partial charge in [0.15, 0.2) is 6.54 Å². The monoisotopic (exact) mass is 374 g/mol. The summed E-state index contributed by atoms with van der Waals surface area (Å²) in [4.78, 5) is 25.3. The first-order valence-electron chi connectivity index (χ1n) is 8.30. The van der Waals surface area contributed by atoms with Crippen LogP contribution in [0.3, 0.4) is 0 Å². The van der Waals surface area contributed by atoms with Crippen molar-refractivity contribution < 1.29 is 14.6 Å². The standard InChI is InChI=1S/C19H23N3O3S/c1-13-9-17(18(22(24)25)10-14(13)2)20-19(23)12-21(3)11-15-5-7-16(26-4)8-6-15/h5-10H,11-12H2,1-4H3,(H,20,23)/p+1. The highest BCUT2D eigenvalue weighted by Crippen LogP contribution is 2.27. The van der Waals surface area contributed by atoms with E-state index >= 15 is 0 Å². The van der Waals surface area contributed by atoms with E-state index in [2.05, 4.69) is 29.6 Å². The molecule has 0 spiro atoms. The molecule has 7 heteroatoms. The van der Waals surface area contributed by atoms with E-state index in [9.17, 15) is 14.9 Å². The van der Waals surface area contributed by atoms with Gasteiger partial charge >= 0.3 is 0 Å². The molecule has 26 heavy (non-hydrogen) atoms. The van der Waals surface area contributed by atoms with Crippen LogP contribution in [-0.4, -0.2) is 30.7 Å². The highest BCUT2D eigenvalue weighted by Gasteiger charge is 2.19. The molecule has 2 aromatic rings. The van der Waals surface area contributed by atoms with Gasteiger partial charge in [0.05, 0.1) is 12.0 Å². The summed E-state index contributed by atoms with van der Waals surface area (Å²) < 4.78 is 0. The first-order valence-corrected chi connectivity index (χ1v) is 9.52. The molecule has 0 radical (unpaired) electrons. The molecule has 2 N–H and O–H groups in total. The third kappa shape index (κ3) is 5.31. The summed E-state index contributed by atoms with van der Waals surface area (Å²) in [6, 6.07) is 11.4. The van der Waals surface area contributed by atoms with Crippen molar-refractivity contribution in [1.82, 2.24) is 0 Å². The van der Waals surface area contributed by atoms with Gasteiger partial charge in [-0.25, -0.2) is 0 Å². The molecular weight excluding hydrogens is 350 g/mol. The first kappa shape index (κ1) is 19.9. The number of amides is 1. The summed E-state index contributed by atoms with van der Waals surface area (Å²) in [5, 5.41) is 13.9. The van der Waals surface area contributed by atoms with Gasteiger partial charge in [-0.2, -0.15) is 0 Å². The Morgan fingerprint density at radius 1 is 1.19 bits per heavy atom. The Morgan fingerprint density at radius 2 is 1.81 bits per heavy atom. The van der Waals surface area contributed by atoms with Gasteiger partial charge in [-0.05, 0) is 49.4 Å². The molecular formula is C19H24N3O3S+. The van der Waals surface area contributed by atoms with Gasteiger partial charge in [-0.15, -0.1) is 11.8 Å². The number of aryl methyl sites for hydroxylation is 2. The summed E-state index contributed by atoms with van der Waals surface area (Å²) in [5.41, 5.74) is 3.05. The molecule has 6 nitrogen and oxygen atoms in total. The number of nitro groups is 1. The Hall–Kier alpha value is -2.38. The van der Waals surface area contributed by atoms with Crippen LogP contribution in [0.4, 0.5) is 11.4 Å². The molecule has 0 saturated carbocycles. The Labute approximate surface area is 157 Å². The van der Waals surface area contributed by atoms with E-state index in [1.165, 1.54) is 11.0 Å². The molecule has 0 aliphatic carbocycles. The predicted octanol–water partition coefficient (Wildman–Crippen LogP) is 2.59. The highest BCUT2D eigenvalue weighted by atomic mass is 32.2. The number of thioether (sulfide) groups is 1. The number of likely N-dealkylation sites (N-methyl/N-ethyl adjacent to an activating group) is 1. The average Bonchev–Trinajstić information content (AvgIpc) is 2.58. The van der Waals surface area contributed by atoms with E-state index in [-0.39, 0.29) is 23.8 Å². The number of rotatable bonds is 7.